The van der Waals surface area contributed by atoms with Crippen LogP contribution >= 0.6 is 0 Å². The van der Waals surface area contributed by atoms with E-state index in [2.05, 4.69) is 0 Å². The quantitative estimate of drug-likeness (QED) is 0.537. The van der Waals surface area contributed by atoms with Gasteiger partial charge in [-0.2, -0.15) is 0 Å². The number of hydrogen-bond donors (Lipinski definition) is 1. The van der Waals surface area contributed by atoms with Crippen LogP contribution in [0.5, 0.6) is 5.75 Å². The van der Waals surface area contributed by atoms with Gasteiger partial charge >= 0.3 is 5.97 Å². The van der Waals surface area contributed by atoms with Crippen LogP contribution < -0.4 is 10.5 Å². The maximum atomic E-state index is 12.6. The van der Waals surface area contributed by atoms with E-state index in [0.717, 1.165) is 18.4 Å². The summed E-state index contributed by atoms with van der Waals surface area (Å²) < 4.78 is 23.1. The van der Waals surface area contributed by atoms with E-state index >= 15 is 0 Å². The first kappa shape index (κ1) is 19.9. The average Bonchev–Trinajstić information content (AvgIpc) is 2.65. The van der Waals surface area contributed by atoms with Gasteiger partial charge in [-0.25, -0.2) is 4.39 Å². The predicted octanol–water partition coefficient (Wildman–Crippen LogP) is 2.22. The number of carbonyl (C=O) groups is 2. The molecule has 0 fully saturated rings. The molecule has 0 atom stereocenters. The standard InChI is InChI=1S/C19H25FN2O4/c1-2-3-8-25-18(23)12-22-7-6-15-9-16(4-5-17(15)19(22)24)26-13-14(10-20)11-21/h4-5,9-10H,2-3,6-8,11-13,21H2,1H3/b14-10+. The Morgan fingerprint density at radius 1 is 1.42 bits per heavy atom. The Morgan fingerprint density at radius 2 is 2.23 bits per heavy atom. The second-order valence-electron chi connectivity index (χ2n) is 6.13. The molecule has 0 aromatic heterocycles. The van der Waals surface area contributed by atoms with E-state index in [4.69, 9.17) is 15.2 Å². The van der Waals surface area contributed by atoms with Crippen molar-refractivity contribution in [3.05, 3.63) is 41.2 Å². The molecule has 0 unspecified atom stereocenters. The van der Waals surface area contributed by atoms with Gasteiger partial charge in [-0.3, -0.25) is 9.59 Å². The molecule has 1 heterocycles. The largest absolute Gasteiger partial charge is 0.489 e. The van der Waals surface area contributed by atoms with Gasteiger partial charge in [0, 0.05) is 24.2 Å². The maximum absolute atomic E-state index is 12.6. The summed E-state index contributed by atoms with van der Waals surface area (Å²) in [5.41, 5.74) is 7.14. The highest BCUT2D eigenvalue weighted by Crippen LogP contribution is 2.24. The number of nitrogens with two attached hydrogens (primary N) is 1. The number of benzene rings is 1. The SMILES string of the molecule is CCCCOC(=O)CN1CCc2cc(OC/C(=C/F)CN)ccc2C1=O. The lowest BCUT2D eigenvalue weighted by Gasteiger charge is -2.28. The van der Waals surface area contributed by atoms with Crippen molar-refractivity contribution in [2.24, 2.45) is 5.73 Å². The molecule has 1 aliphatic heterocycles. The van der Waals surface area contributed by atoms with Gasteiger partial charge in [-0.15, -0.1) is 0 Å². The molecular formula is C19H25FN2O4. The van der Waals surface area contributed by atoms with Gasteiger partial charge in [0.2, 0.25) is 0 Å². The highest BCUT2D eigenvalue weighted by Gasteiger charge is 2.26. The van der Waals surface area contributed by atoms with Gasteiger partial charge in [0.05, 0.1) is 12.9 Å². The highest BCUT2D eigenvalue weighted by molar-refractivity contribution is 5.98. The van der Waals surface area contributed by atoms with Crippen LogP contribution in [-0.2, 0) is 16.0 Å². The second-order valence-corrected chi connectivity index (χ2v) is 6.13. The van der Waals surface area contributed by atoms with E-state index in [1.807, 2.05) is 6.92 Å². The fourth-order valence-corrected chi connectivity index (χ4v) is 2.60. The number of rotatable bonds is 9. The maximum Gasteiger partial charge on any atom is 0.325 e. The van der Waals surface area contributed by atoms with Crippen molar-refractivity contribution in [2.75, 3.05) is 32.8 Å². The van der Waals surface area contributed by atoms with E-state index in [0.29, 0.717) is 42.8 Å². The lowest BCUT2D eigenvalue weighted by molar-refractivity contribution is -0.144. The first-order chi connectivity index (χ1) is 12.6. The fraction of sp³-hybridized carbons (Fsp3) is 0.474. The van der Waals surface area contributed by atoms with Gasteiger partial charge in [-0.05, 0) is 36.6 Å². The van der Waals surface area contributed by atoms with Crippen molar-refractivity contribution in [3.63, 3.8) is 0 Å². The van der Waals surface area contributed by atoms with E-state index < -0.39 is 0 Å². The molecule has 2 rings (SSSR count). The third-order valence-corrected chi connectivity index (χ3v) is 4.17. The summed E-state index contributed by atoms with van der Waals surface area (Å²) >= 11 is 0. The third kappa shape index (κ3) is 5.29. The zero-order chi connectivity index (χ0) is 18.9. The molecule has 142 valence electrons. The Morgan fingerprint density at radius 3 is 2.92 bits per heavy atom. The second kappa shape index (κ2) is 9.91. The van der Waals surface area contributed by atoms with Crippen molar-refractivity contribution in [3.8, 4) is 5.75 Å². The molecule has 2 N–H and O–H groups in total. The van der Waals surface area contributed by atoms with Crippen molar-refractivity contribution in [1.82, 2.24) is 4.90 Å². The fourth-order valence-electron chi connectivity index (χ4n) is 2.60. The van der Waals surface area contributed by atoms with Gasteiger partial charge in [0.25, 0.3) is 5.91 Å². The first-order valence-corrected chi connectivity index (χ1v) is 8.77. The van der Waals surface area contributed by atoms with Crippen LogP contribution in [0.15, 0.2) is 30.1 Å². The molecular weight excluding hydrogens is 339 g/mol. The minimum Gasteiger partial charge on any atom is -0.489 e. The summed E-state index contributed by atoms with van der Waals surface area (Å²) in [7, 11) is 0. The number of nitrogens with zero attached hydrogens (tertiary/aromatic N) is 1. The number of amides is 1. The summed E-state index contributed by atoms with van der Waals surface area (Å²) in [4.78, 5) is 25.9. The monoisotopic (exact) mass is 364 g/mol. The molecule has 0 aliphatic carbocycles. The molecule has 0 radical (unpaired) electrons. The Labute approximate surface area is 152 Å². The van der Waals surface area contributed by atoms with Crippen molar-refractivity contribution < 1.29 is 23.5 Å². The summed E-state index contributed by atoms with van der Waals surface area (Å²) in [6.07, 6.45) is 2.82. The summed E-state index contributed by atoms with van der Waals surface area (Å²) in [6.45, 7) is 2.95. The van der Waals surface area contributed by atoms with Crippen LogP contribution in [0.25, 0.3) is 0 Å². The van der Waals surface area contributed by atoms with Crippen LogP contribution in [0.4, 0.5) is 4.39 Å². The minimum atomic E-state index is -0.387. The lowest BCUT2D eigenvalue weighted by atomic mass is 9.98. The number of fused-ring (bicyclic) bond motifs is 1. The lowest BCUT2D eigenvalue weighted by Crippen LogP contribution is -2.41. The number of carbonyl (C=O) groups excluding carboxylic acids is 2. The van der Waals surface area contributed by atoms with E-state index in [1.165, 1.54) is 4.90 Å². The van der Waals surface area contributed by atoms with Crippen molar-refractivity contribution in [1.29, 1.82) is 0 Å². The number of hydrogen-bond acceptors (Lipinski definition) is 5. The first-order valence-electron chi connectivity index (χ1n) is 8.77. The number of ether oxygens (including phenoxy) is 2. The third-order valence-electron chi connectivity index (χ3n) is 4.17. The zero-order valence-electron chi connectivity index (χ0n) is 15.0. The molecule has 1 aliphatic rings. The Bertz CT molecular complexity index is 676. The van der Waals surface area contributed by atoms with Crippen LogP contribution in [0, 0.1) is 0 Å². The number of esters is 1. The topological polar surface area (TPSA) is 81.9 Å². The molecule has 1 aromatic rings. The van der Waals surface area contributed by atoms with Crippen LogP contribution in [0.2, 0.25) is 0 Å². The molecule has 1 aromatic carbocycles. The molecule has 0 saturated carbocycles. The highest BCUT2D eigenvalue weighted by atomic mass is 19.1. The van der Waals surface area contributed by atoms with Crippen LogP contribution in [-0.4, -0.2) is 49.6 Å². The molecule has 6 nitrogen and oxygen atoms in total. The summed E-state index contributed by atoms with van der Waals surface area (Å²) in [6, 6.07) is 5.10. The van der Waals surface area contributed by atoms with Crippen LogP contribution in [0.1, 0.15) is 35.7 Å². The average molecular weight is 364 g/mol. The van der Waals surface area contributed by atoms with E-state index in [1.54, 1.807) is 18.2 Å². The van der Waals surface area contributed by atoms with E-state index in [9.17, 15) is 14.0 Å². The van der Waals surface area contributed by atoms with Gasteiger partial charge in [0.15, 0.2) is 0 Å². The normalized spacial score (nSPS) is 14.2. The van der Waals surface area contributed by atoms with Gasteiger partial charge in [-0.1, -0.05) is 13.3 Å². The zero-order valence-corrected chi connectivity index (χ0v) is 15.0. The minimum absolute atomic E-state index is 0.0403. The molecule has 1 amide bonds. The number of unbranched alkanes of at least 4 members (excludes halogenated alkanes) is 1. The molecule has 0 bridgehead atoms. The number of halogens is 1. The Balaban J connectivity index is 1.96. The van der Waals surface area contributed by atoms with E-state index in [-0.39, 0.29) is 31.6 Å². The Hall–Kier alpha value is -2.41. The van der Waals surface area contributed by atoms with Gasteiger partial charge in [0.1, 0.15) is 18.9 Å². The Kier molecular flexibility index (Phi) is 7.59. The summed E-state index contributed by atoms with van der Waals surface area (Å²) in [5.74, 6) is -0.0316. The predicted molar refractivity (Wildman–Crippen MR) is 95.7 cm³/mol. The van der Waals surface area contributed by atoms with Crippen molar-refractivity contribution in [2.45, 2.75) is 26.2 Å². The van der Waals surface area contributed by atoms with Crippen LogP contribution in [0.3, 0.4) is 0 Å². The smallest absolute Gasteiger partial charge is 0.325 e. The molecule has 26 heavy (non-hydrogen) atoms. The molecule has 7 heteroatoms. The molecule has 0 saturated heterocycles. The summed E-state index contributed by atoms with van der Waals surface area (Å²) in [5, 5.41) is 0. The van der Waals surface area contributed by atoms with Crippen molar-refractivity contribution >= 4 is 11.9 Å². The van der Waals surface area contributed by atoms with Gasteiger partial charge < -0.3 is 20.1 Å². The molecule has 0 spiro atoms.